The van der Waals surface area contributed by atoms with E-state index < -0.39 is 0 Å². The first-order chi connectivity index (χ1) is 14.6. The molecule has 0 saturated heterocycles. The molecular formula is C20H16ClN5O3S. The molecule has 0 fully saturated rings. The van der Waals surface area contributed by atoms with Gasteiger partial charge >= 0.3 is 5.56 Å². The van der Waals surface area contributed by atoms with Gasteiger partial charge in [0.1, 0.15) is 5.75 Å². The molecule has 0 unspecified atom stereocenters. The molecule has 4 rings (SSSR count). The summed E-state index contributed by atoms with van der Waals surface area (Å²) in [5.41, 5.74) is 1.10. The Bertz CT molecular complexity index is 1270. The molecule has 0 spiro atoms. The smallest absolute Gasteiger partial charge is 0.300 e. The van der Waals surface area contributed by atoms with Crippen LogP contribution in [0.1, 0.15) is 0 Å². The summed E-state index contributed by atoms with van der Waals surface area (Å²) in [7, 11) is 1.51. The van der Waals surface area contributed by atoms with Gasteiger partial charge in [0.05, 0.1) is 18.6 Å². The van der Waals surface area contributed by atoms with E-state index in [0.29, 0.717) is 21.6 Å². The number of nitrogens with zero attached hydrogens (tertiary/aromatic N) is 4. The van der Waals surface area contributed by atoms with Crippen LogP contribution in [0.15, 0.2) is 70.9 Å². The van der Waals surface area contributed by atoms with Crippen LogP contribution in [0.5, 0.6) is 5.75 Å². The van der Waals surface area contributed by atoms with E-state index in [1.165, 1.54) is 23.4 Å². The van der Waals surface area contributed by atoms with Gasteiger partial charge < -0.3 is 10.1 Å². The lowest BCUT2D eigenvalue weighted by molar-refractivity contribution is -0.113. The van der Waals surface area contributed by atoms with E-state index in [-0.39, 0.29) is 22.9 Å². The average Bonchev–Trinajstić information content (AvgIpc) is 3.17. The fourth-order valence-corrected chi connectivity index (χ4v) is 3.74. The summed E-state index contributed by atoms with van der Waals surface area (Å²) < 4.78 is 8.29. The maximum atomic E-state index is 12.7. The number of aromatic nitrogens is 4. The number of hydrogen-bond acceptors (Lipinski definition) is 6. The number of ether oxygens (including phenoxy) is 1. The normalized spacial score (nSPS) is 10.9. The molecular weight excluding hydrogens is 426 g/mol. The van der Waals surface area contributed by atoms with Gasteiger partial charge in [-0.25, -0.2) is 0 Å². The monoisotopic (exact) mass is 441 g/mol. The number of benzene rings is 2. The van der Waals surface area contributed by atoms with Crippen LogP contribution in [0.25, 0.3) is 11.3 Å². The summed E-state index contributed by atoms with van der Waals surface area (Å²) >= 11 is 7.15. The van der Waals surface area contributed by atoms with E-state index in [0.717, 1.165) is 5.69 Å². The highest BCUT2D eigenvalue weighted by Gasteiger charge is 2.14. The number of thioether (sulfide) groups is 1. The molecule has 0 saturated carbocycles. The van der Waals surface area contributed by atoms with Crippen molar-refractivity contribution >= 4 is 40.6 Å². The molecule has 30 heavy (non-hydrogen) atoms. The van der Waals surface area contributed by atoms with Crippen molar-refractivity contribution in [2.45, 2.75) is 5.16 Å². The third-order valence-corrected chi connectivity index (χ3v) is 5.42. The van der Waals surface area contributed by atoms with Crippen LogP contribution in [-0.2, 0) is 4.79 Å². The van der Waals surface area contributed by atoms with Crippen molar-refractivity contribution in [3.8, 4) is 11.4 Å². The van der Waals surface area contributed by atoms with Gasteiger partial charge in [0.15, 0.2) is 5.16 Å². The number of fused-ring (bicyclic) bond motifs is 1. The van der Waals surface area contributed by atoms with Gasteiger partial charge in [-0.3, -0.25) is 18.6 Å². The molecule has 0 aliphatic rings. The highest BCUT2D eigenvalue weighted by atomic mass is 35.5. The molecule has 2 aromatic heterocycles. The fourth-order valence-electron chi connectivity index (χ4n) is 2.85. The Balaban J connectivity index is 1.51. The summed E-state index contributed by atoms with van der Waals surface area (Å²) in [6, 6.07) is 14.2. The first-order valence-corrected chi connectivity index (χ1v) is 10.2. The van der Waals surface area contributed by atoms with Crippen LogP contribution in [0.2, 0.25) is 5.02 Å². The number of methoxy groups -OCH3 is 1. The second kappa shape index (κ2) is 8.60. The van der Waals surface area contributed by atoms with E-state index in [2.05, 4.69) is 15.5 Å². The van der Waals surface area contributed by atoms with Gasteiger partial charge in [-0.2, -0.15) is 0 Å². The van der Waals surface area contributed by atoms with Gasteiger partial charge in [-0.15, -0.1) is 10.2 Å². The minimum atomic E-state index is -0.295. The van der Waals surface area contributed by atoms with Gasteiger partial charge in [-0.1, -0.05) is 41.6 Å². The zero-order valence-electron chi connectivity index (χ0n) is 15.8. The Morgan fingerprint density at radius 2 is 1.97 bits per heavy atom. The minimum Gasteiger partial charge on any atom is -0.495 e. The first-order valence-electron chi connectivity index (χ1n) is 8.85. The Morgan fingerprint density at radius 3 is 2.73 bits per heavy atom. The molecule has 4 aromatic rings. The molecule has 2 aromatic carbocycles. The second-order valence-electron chi connectivity index (χ2n) is 6.17. The SMILES string of the molecule is COc1ccc(Cl)cc1NC(=O)CSc1nnc2c(=O)n(-c3ccccc3)ccn12. The molecule has 2 heterocycles. The average molecular weight is 442 g/mol. The third-order valence-electron chi connectivity index (χ3n) is 4.24. The number of anilines is 1. The molecule has 1 N–H and O–H groups in total. The van der Waals surface area contributed by atoms with Crippen molar-refractivity contribution in [1.82, 2.24) is 19.2 Å². The number of para-hydroxylation sites is 1. The van der Waals surface area contributed by atoms with Crippen LogP contribution in [0, 0.1) is 0 Å². The van der Waals surface area contributed by atoms with Gasteiger partial charge in [0.25, 0.3) is 0 Å². The minimum absolute atomic E-state index is 0.0677. The van der Waals surface area contributed by atoms with Crippen molar-refractivity contribution < 1.29 is 9.53 Å². The predicted octanol–water partition coefficient (Wildman–Crippen LogP) is 3.27. The number of carbonyl (C=O) groups is 1. The van der Waals surface area contributed by atoms with Crippen LogP contribution in [-0.4, -0.2) is 37.9 Å². The van der Waals surface area contributed by atoms with Crippen LogP contribution < -0.4 is 15.6 Å². The van der Waals surface area contributed by atoms with Crippen LogP contribution in [0.4, 0.5) is 5.69 Å². The molecule has 1 amide bonds. The molecule has 10 heteroatoms. The van der Waals surface area contributed by atoms with E-state index >= 15 is 0 Å². The Hall–Kier alpha value is -3.30. The summed E-state index contributed by atoms with van der Waals surface area (Å²) in [5.74, 6) is 0.306. The highest BCUT2D eigenvalue weighted by Crippen LogP contribution is 2.28. The van der Waals surface area contributed by atoms with E-state index in [4.69, 9.17) is 16.3 Å². The topological polar surface area (TPSA) is 90.5 Å². The number of halogens is 1. The van der Waals surface area contributed by atoms with Crippen molar-refractivity contribution in [2.75, 3.05) is 18.2 Å². The maximum Gasteiger partial charge on any atom is 0.300 e. The zero-order chi connectivity index (χ0) is 21.1. The number of amides is 1. The molecule has 0 bridgehead atoms. The Labute approximate surface area is 180 Å². The highest BCUT2D eigenvalue weighted by molar-refractivity contribution is 7.99. The molecule has 8 nitrogen and oxygen atoms in total. The largest absolute Gasteiger partial charge is 0.495 e. The number of hydrogen-bond donors (Lipinski definition) is 1. The summed E-state index contributed by atoms with van der Waals surface area (Å²) in [4.78, 5) is 25.1. The van der Waals surface area contributed by atoms with Crippen molar-refractivity contribution in [2.24, 2.45) is 0 Å². The predicted molar refractivity (Wildman–Crippen MR) is 116 cm³/mol. The summed E-state index contributed by atoms with van der Waals surface area (Å²) in [5, 5.41) is 11.7. The maximum absolute atomic E-state index is 12.7. The number of carbonyl (C=O) groups excluding carboxylic acids is 1. The van der Waals surface area contributed by atoms with Gasteiger partial charge in [0, 0.05) is 23.1 Å². The second-order valence-corrected chi connectivity index (χ2v) is 7.55. The Kier molecular flexibility index (Phi) is 5.73. The van der Waals surface area contributed by atoms with E-state index in [1.54, 1.807) is 35.0 Å². The molecule has 0 aliphatic carbocycles. The Morgan fingerprint density at radius 1 is 1.17 bits per heavy atom. The van der Waals surface area contributed by atoms with Crippen molar-refractivity contribution in [1.29, 1.82) is 0 Å². The van der Waals surface area contributed by atoms with Crippen molar-refractivity contribution in [3.05, 3.63) is 76.3 Å². The fraction of sp³-hybridized carbons (Fsp3) is 0.100. The van der Waals surface area contributed by atoms with Gasteiger partial charge in [-0.05, 0) is 30.3 Å². The molecule has 0 aliphatic heterocycles. The first kappa shape index (κ1) is 20.0. The van der Waals surface area contributed by atoms with Crippen LogP contribution >= 0.6 is 23.4 Å². The standard InChI is InChI=1S/C20H16ClN5O3S/c1-29-16-8-7-13(21)11-15(16)22-17(27)12-30-20-24-23-18-19(28)25(9-10-26(18)20)14-5-3-2-4-6-14/h2-11H,12H2,1H3,(H,22,27). The van der Waals surface area contributed by atoms with Gasteiger partial charge in [0.2, 0.25) is 11.6 Å². The third kappa shape index (κ3) is 4.03. The van der Waals surface area contributed by atoms with E-state index in [9.17, 15) is 9.59 Å². The van der Waals surface area contributed by atoms with Crippen molar-refractivity contribution in [3.63, 3.8) is 0 Å². The lowest BCUT2D eigenvalue weighted by Crippen LogP contribution is -2.20. The number of nitrogens with one attached hydrogen (secondary N) is 1. The molecule has 0 atom stereocenters. The molecule has 152 valence electrons. The summed E-state index contributed by atoms with van der Waals surface area (Å²) in [6.45, 7) is 0. The lowest BCUT2D eigenvalue weighted by atomic mass is 10.3. The quantitative estimate of drug-likeness (QED) is 0.462. The zero-order valence-corrected chi connectivity index (χ0v) is 17.4. The number of rotatable bonds is 6. The van der Waals surface area contributed by atoms with Crippen LogP contribution in [0.3, 0.4) is 0 Å². The lowest BCUT2D eigenvalue weighted by Gasteiger charge is -2.10. The van der Waals surface area contributed by atoms with E-state index in [1.807, 2.05) is 30.3 Å². The summed E-state index contributed by atoms with van der Waals surface area (Å²) in [6.07, 6.45) is 3.35. The molecule has 0 radical (unpaired) electrons.